The van der Waals surface area contributed by atoms with Crippen molar-refractivity contribution in [2.45, 2.75) is 27.7 Å². The first-order valence-corrected chi connectivity index (χ1v) is 12.1. The van der Waals surface area contributed by atoms with Crippen LogP contribution in [0.5, 0.6) is 5.75 Å². The summed E-state index contributed by atoms with van der Waals surface area (Å²) in [7, 11) is 0. The van der Waals surface area contributed by atoms with Crippen molar-refractivity contribution >= 4 is 46.2 Å². The predicted molar refractivity (Wildman–Crippen MR) is 143 cm³/mol. The van der Waals surface area contributed by atoms with Gasteiger partial charge in [-0.15, -0.1) is 0 Å². The number of nitrogens with zero attached hydrogens (tertiary/aromatic N) is 1. The van der Waals surface area contributed by atoms with Crippen LogP contribution < -0.4 is 15.4 Å². The summed E-state index contributed by atoms with van der Waals surface area (Å²) in [5, 5.41) is 6.22. The van der Waals surface area contributed by atoms with Gasteiger partial charge in [-0.2, -0.15) is 0 Å². The van der Waals surface area contributed by atoms with Crippen LogP contribution in [-0.2, 0) is 9.59 Å². The SMILES string of the molecule is Cc1ccc(NC(=O)COc2cccc(/C=C3\SC(=Nc4cccc(C)c4C)NC3=O)c2)cc1C. The maximum atomic E-state index is 12.5. The van der Waals surface area contributed by atoms with Crippen molar-refractivity contribution in [3.63, 3.8) is 0 Å². The molecule has 178 valence electrons. The van der Waals surface area contributed by atoms with Gasteiger partial charge in [-0.1, -0.05) is 30.3 Å². The van der Waals surface area contributed by atoms with E-state index in [0.29, 0.717) is 15.8 Å². The highest BCUT2D eigenvalue weighted by molar-refractivity contribution is 8.18. The molecule has 0 saturated carbocycles. The van der Waals surface area contributed by atoms with E-state index in [-0.39, 0.29) is 18.4 Å². The van der Waals surface area contributed by atoms with Crippen LogP contribution in [0.2, 0.25) is 0 Å². The Labute approximate surface area is 209 Å². The van der Waals surface area contributed by atoms with E-state index < -0.39 is 0 Å². The maximum Gasteiger partial charge on any atom is 0.264 e. The van der Waals surface area contributed by atoms with Gasteiger partial charge < -0.3 is 15.4 Å². The minimum atomic E-state index is -0.241. The van der Waals surface area contributed by atoms with Crippen molar-refractivity contribution in [1.82, 2.24) is 5.32 Å². The number of nitrogens with one attached hydrogen (secondary N) is 2. The Hall–Kier alpha value is -3.84. The molecule has 0 aliphatic carbocycles. The summed E-state index contributed by atoms with van der Waals surface area (Å²) in [6.45, 7) is 7.96. The summed E-state index contributed by atoms with van der Waals surface area (Å²) in [6, 6.07) is 19.0. The molecule has 1 heterocycles. The molecular weight excluding hydrogens is 458 g/mol. The second-order valence-electron chi connectivity index (χ2n) is 8.41. The summed E-state index contributed by atoms with van der Waals surface area (Å²) in [6.07, 6.45) is 1.79. The second-order valence-corrected chi connectivity index (χ2v) is 9.44. The quantitative estimate of drug-likeness (QED) is 0.431. The lowest BCUT2D eigenvalue weighted by atomic mass is 10.1. The Morgan fingerprint density at radius 1 is 1.00 bits per heavy atom. The van der Waals surface area contributed by atoms with Gasteiger partial charge in [0, 0.05) is 5.69 Å². The van der Waals surface area contributed by atoms with E-state index in [2.05, 4.69) is 15.6 Å². The molecule has 35 heavy (non-hydrogen) atoms. The number of amides is 2. The molecule has 0 spiro atoms. The summed E-state index contributed by atoms with van der Waals surface area (Å²) < 4.78 is 5.68. The lowest BCUT2D eigenvalue weighted by Crippen LogP contribution is -2.20. The van der Waals surface area contributed by atoms with Crippen molar-refractivity contribution < 1.29 is 14.3 Å². The average Bonchev–Trinajstić information content (AvgIpc) is 3.16. The molecule has 6 nitrogen and oxygen atoms in total. The third-order valence-electron chi connectivity index (χ3n) is 5.77. The van der Waals surface area contributed by atoms with Crippen LogP contribution in [0.4, 0.5) is 11.4 Å². The number of hydrogen-bond donors (Lipinski definition) is 2. The molecule has 1 aliphatic heterocycles. The molecule has 2 N–H and O–H groups in total. The number of hydrogen-bond acceptors (Lipinski definition) is 5. The molecule has 0 bridgehead atoms. The van der Waals surface area contributed by atoms with Gasteiger partial charge in [0.05, 0.1) is 10.6 Å². The first-order valence-electron chi connectivity index (χ1n) is 11.2. The lowest BCUT2D eigenvalue weighted by Gasteiger charge is -2.09. The third kappa shape index (κ3) is 6.19. The zero-order chi connectivity index (χ0) is 24.9. The zero-order valence-electron chi connectivity index (χ0n) is 20.1. The fourth-order valence-corrected chi connectivity index (χ4v) is 4.29. The maximum absolute atomic E-state index is 12.5. The fourth-order valence-electron chi connectivity index (χ4n) is 3.46. The Bertz CT molecular complexity index is 1360. The number of amidine groups is 1. The van der Waals surface area contributed by atoms with Gasteiger partial charge in [-0.25, -0.2) is 4.99 Å². The van der Waals surface area contributed by atoms with Gasteiger partial charge in [0.2, 0.25) is 0 Å². The van der Waals surface area contributed by atoms with Gasteiger partial charge in [-0.3, -0.25) is 9.59 Å². The molecule has 0 aromatic heterocycles. The highest BCUT2D eigenvalue weighted by Gasteiger charge is 2.24. The van der Waals surface area contributed by atoms with E-state index in [9.17, 15) is 9.59 Å². The first kappa shape index (κ1) is 24.3. The van der Waals surface area contributed by atoms with Crippen LogP contribution in [-0.4, -0.2) is 23.6 Å². The van der Waals surface area contributed by atoms with E-state index in [4.69, 9.17) is 4.74 Å². The summed E-state index contributed by atoms with van der Waals surface area (Å²) >= 11 is 1.30. The molecule has 3 aromatic carbocycles. The topological polar surface area (TPSA) is 79.8 Å². The zero-order valence-corrected chi connectivity index (χ0v) is 21.0. The normalized spacial score (nSPS) is 15.4. The molecular formula is C28H27N3O3S. The van der Waals surface area contributed by atoms with Crippen LogP contribution >= 0.6 is 11.8 Å². The smallest absolute Gasteiger partial charge is 0.264 e. The van der Waals surface area contributed by atoms with Crippen LogP contribution in [0.25, 0.3) is 6.08 Å². The number of carbonyl (C=O) groups is 2. The van der Waals surface area contributed by atoms with Crippen molar-refractivity contribution in [1.29, 1.82) is 0 Å². The summed E-state index contributed by atoms with van der Waals surface area (Å²) in [5.41, 5.74) is 6.88. The van der Waals surface area contributed by atoms with Gasteiger partial charge in [0.25, 0.3) is 11.8 Å². The summed E-state index contributed by atoms with van der Waals surface area (Å²) in [4.78, 5) is 29.9. The van der Waals surface area contributed by atoms with Crippen molar-refractivity contribution in [2.24, 2.45) is 4.99 Å². The highest BCUT2D eigenvalue weighted by Crippen LogP contribution is 2.30. The Balaban J connectivity index is 1.40. The largest absolute Gasteiger partial charge is 0.484 e. The fraction of sp³-hybridized carbons (Fsp3) is 0.179. The van der Waals surface area contributed by atoms with Crippen LogP contribution in [0.3, 0.4) is 0 Å². The number of aliphatic imine (C=N–C) groups is 1. The van der Waals surface area contributed by atoms with Crippen LogP contribution in [0.1, 0.15) is 27.8 Å². The van der Waals surface area contributed by atoms with Gasteiger partial charge in [0.1, 0.15) is 5.75 Å². The Morgan fingerprint density at radius 2 is 1.80 bits per heavy atom. The molecule has 2 amide bonds. The number of anilines is 1. The molecule has 1 fully saturated rings. The number of carbonyl (C=O) groups excluding carboxylic acids is 2. The molecule has 0 unspecified atom stereocenters. The molecule has 4 rings (SSSR count). The van der Waals surface area contributed by atoms with Crippen molar-refractivity contribution in [2.75, 3.05) is 11.9 Å². The predicted octanol–water partition coefficient (Wildman–Crippen LogP) is 5.83. The van der Waals surface area contributed by atoms with Crippen LogP contribution in [0, 0.1) is 27.7 Å². The minimum Gasteiger partial charge on any atom is -0.484 e. The third-order valence-corrected chi connectivity index (χ3v) is 6.68. The standard InChI is InChI=1S/C28H27N3O3S/c1-17-11-12-22(13-19(17)3)29-26(32)16-34-23-9-6-8-21(14-23)15-25-27(33)31-28(35-25)30-24-10-5-7-18(2)20(24)4/h5-15H,16H2,1-4H3,(H,29,32)(H,30,31,33)/b25-15-. The number of thioether (sulfide) groups is 1. The molecule has 3 aromatic rings. The monoisotopic (exact) mass is 485 g/mol. The Morgan fingerprint density at radius 3 is 2.60 bits per heavy atom. The van der Waals surface area contributed by atoms with Gasteiger partial charge in [-0.05, 0) is 104 Å². The number of rotatable bonds is 6. The lowest BCUT2D eigenvalue weighted by molar-refractivity contribution is -0.118. The Kier molecular flexibility index (Phi) is 7.36. The van der Waals surface area contributed by atoms with E-state index in [1.54, 1.807) is 18.2 Å². The second kappa shape index (κ2) is 10.6. The number of ether oxygens (including phenoxy) is 1. The molecule has 7 heteroatoms. The van der Waals surface area contributed by atoms with E-state index in [0.717, 1.165) is 33.6 Å². The summed E-state index contributed by atoms with van der Waals surface area (Å²) in [5.74, 6) is 0.107. The molecule has 0 atom stereocenters. The average molecular weight is 486 g/mol. The van der Waals surface area contributed by atoms with Gasteiger partial charge in [0.15, 0.2) is 11.8 Å². The van der Waals surface area contributed by atoms with E-state index >= 15 is 0 Å². The molecule has 1 saturated heterocycles. The minimum absolute atomic E-state index is 0.116. The van der Waals surface area contributed by atoms with E-state index in [1.165, 1.54) is 17.3 Å². The van der Waals surface area contributed by atoms with Crippen LogP contribution in [0.15, 0.2) is 70.6 Å². The molecule has 1 aliphatic rings. The van der Waals surface area contributed by atoms with Crippen molar-refractivity contribution in [3.8, 4) is 5.75 Å². The highest BCUT2D eigenvalue weighted by atomic mass is 32.2. The number of benzene rings is 3. The van der Waals surface area contributed by atoms with Gasteiger partial charge >= 0.3 is 0 Å². The number of aryl methyl sites for hydroxylation is 3. The van der Waals surface area contributed by atoms with E-state index in [1.807, 2.05) is 76.2 Å². The first-order chi connectivity index (χ1) is 16.8. The molecule has 0 radical (unpaired) electrons. The van der Waals surface area contributed by atoms with Crippen molar-refractivity contribution in [3.05, 3.63) is 93.4 Å².